The Morgan fingerprint density at radius 2 is 1.16 bits per heavy atom. The monoisotopic (exact) mass is 312 g/mol. The van der Waals surface area contributed by atoms with Crippen LogP contribution in [0.5, 0.6) is 0 Å². The first-order valence-electron chi connectivity index (χ1n) is 4.02. The van der Waals surface area contributed by atoms with Crippen LogP contribution in [0.25, 0.3) is 0 Å². The van der Waals surface area contributed by atoms with E-state index < -0.39 is 42.3 Å². The van der Waals surface area contributed by atoms with Gasteiger partial charge in [0.15, 0.2) is 0 Å². The minimum atomic E-state index is -2.97. The summed E-state index contributed by atoms with van der Waals surface area (Å²) in [4.78, 5) is 38.9. The van der Waals surface area contributed by atoms with Crippen LogP contribution < -0.4 is 20.4 Å². The molecule has 0 aliphatic heterocycles. The maximum atomic E-state index is 10.1. The van der Waals surface area contributed by atoms with Gasteiger partial charge in [0.1, 0.15) is 5.60 Å². The first-order chi connectivity index (χ1) is 7.51. The molecule has 1 N–H and O–H groups in total. The number of rotatable bonds is 5. The first-order valence-corrected chi connectivity index (χ1v) is 4.02. The van der Waals surface area contributed by atoms with Gasteiger partial charge in [0.25, 0.3) is 0 Å². The minimum Gasteiger partial charge on any atom is -0.550 e. The predicted molar refractivity (Wildman–Crippen MR) is 51.4 cm³/mol. The van der Waals surface area contributed by atoms with Crippen molar-refractivity contribution < 1.29 is 44.7 Å². The fourth-order valence-electron chi connectivity index (χ4n) is 0.684. The number of carboxylic acids is 4. The number of aliphatic carboxylic acids is 4. The van der Waals surface area contributed by atoms with E-state index in [1.54, 1.807) is 0 Å². The smallest absolute Gasteiger partial charge is 0.550 e. The fraction of sp³-hybridized carbons (Fsp3) is 0.500. The molecule has 0 aliphatic carbocycles. The van der Waals surface area contributed by atoms with Crippen LogP contribution in [0.3, 0.4) is 0 Å². The van der Waals surface area contributed by atoms with Crippen LogP contribution in [-0.4, -0.2) is 95.4 Å². The summed E-state index contributed by atoms with van der Waals surface area (Å²) < 4.78 is 0. The van der Waals surface area contributed by atoms with Crippen molar-refractivity contribution in [3.8, 4) is 0 Å². The van der Waals surface area contributed by atoms with Gasteiger partial charge < -0.3 is 44.7 Å². The Kier molecular flexibility index (Phi) is 18.5. The third kappa shape index (κ3) is 17.9. The van der Waals surface area contributed by atoms with Crippen molar-refractivity contribution in [2.24, 2.45) is 0 Å². The minimum absolute atomic E-state index is 0. The van der Waals surface area contributed by atoms with E-state index in [0.29, 0.717) is 0 Å². The molecule has 98 valence electrons. The number of carbonyl (C=O) groups excluding carboxylic acids is 4. The van der Waals surface area contributed by atoms with E-state index in [2.05, 4.69) is 0 Å². The Balaban J connectivity index is -0.000000165. The van der Waals surface area contributed by atoms with Crippen LogP contribution in [-0.2, 0) is 19.2 Å². The summed E-state index contributed by atoms with van der Waals surface area (Å²) in [7, 11) is 0. The third-order valence-electron chi connectivity index (χ3n) is 1.25. The van der Waals surface area contributed by atoms with Gasteiger partial charge in [-0.2, -0.15) is 0 Å². The first kappa shape index (κ1) is 27.2. The zero-order valence-electron chi connectivity index (χ0n) is 10.0. The van der Waals surface area contributed by atoms with E-state index in [4.69, 9.17) is 15.0 Å². The second-order valence-electron chi connectivity index (χ2n) is 2.91. The summed E-state index contributed by atoms with van der Waals surface area (Å²) in [5.74, 6) is -7.07. The largest absolute Gasteiger partial charge is 2.00 e. The summed E-state index contributed by atoms with van der Waals surface area (Å²) >= 11 is 0. The summed E-state index contributed by atoms with van der Waals surface area (Å²) in [6, 6.07) is 0. The molecule has 0 saturated heterocycles. The van der Waals surface area contributed by atoms with E-state index in [1.807, 2.05) is 0 Å². The Morgan fingerprint density at radius 1 is 0.947 bits per heavy atom. The standard InChI is InChI=1S/C6H8O7.C2H4O2.Ca.Mg/c7-3(8)1-6(13,5(11)12)2-4(9)10;1-2(3)4;;/h13H,1-2H2,(H,7,8)(H,9,10)(H,11,12);1H3,(H,3,4);;/q;;2*+2/p-4. The van der Waals surface area contributed by atoms with Gasteiger partial charge in [-0.15, -0.1) is 0 Å². The summed E-state index contributed by atoms with van der Waals surface area (Å²) in [5.41, 5.74) is -2.97. The molecule has 0 spiro atoms. The third-order valence-corrected chi connectivity index (χ3v) is 1.25. The predicted octanol–water partition coefficient (Wildman–Crippen LogP) is -7.26. The molecule has 11 heteroatoms. The number of carboxylic acid groups (broad SMARTS) is 4. The van der Waals surface area contributed by atoms with E-state index in [9.17, 15) is 29.7 Å². The molecule has 0 bridgehead atoms. The van der Waals surface area contributed by atoms with Gasteiger partial charge in [-0.3, -0.25) is 0 Å². The van der Waals surface area contributed by atoms with Gasteiger partial charge in [0, 0.05) is 30.7 Å². The second-order valence-corrected chi connectivity index (χ2v) is 2.91. The molecule has 0 aliphatic rings. The van der Waals surface area contributed by atoms with E-state index in [1.165, 1.54) is 0 Å². The Morgan fingerprint density at radius 3 is 1.26 bits per heavy atom. The normalized spacial score (nSPS) is 8.74. The SMILES string of the molecule is CC(=O)[O-].O=C([O-])CC(O)(CC(=O)[O-])C(=O)[O-].[Ca+2].[Mg+2]. The average Bonchev–Trinajstić information content (AvgIpc) is 1.98. The molecule has 0 amide bonds. The van der Waals surface area contributed by atoms with Crippen LogP contribution in [0.1, 0.15) is 19.8 Å². The maximum Gasteiger partial charge on any atom is 2.00 e. The van der Waals surface area contributed by atoms with Gasteiger partial charge >= 0.3 is 60.8 Å². The summed E-state index contributed by atoms with van der Waals surface area (Å²) in [5, 5.41) is 47.8. The van der Waals surface area contributed by atoms with E-state index in [0.717, 1.165) is 6.92 Å². The second kappa shape index (κ2) is 12.9. The molecule has 0 unspecified atom stereocenters. The van der Waals surface area contributed by atoms with Crippen molar-refractivity contribution in [3.05, 3.63) is 0 Å². The molecule has 0 rings (SSSR count). The molecule has 19 heavy (non-hydrogen) atoms. The van der Waals surface area contributed by atoms with Crippen LogP contribution in [0.15, 0.2) is 0 Å². The van der Waals surface area contributed by atoms with Crippen molar-refractivity contribution in [3.63, 3.8) is 0 Å². The van der Waals surface area contributed by atoms with Crippen LogP contribution in [0.2, 0.25) is 0 Å². The van der Waals surface area contributed by atoms with Crippen LogP contribution in [0, 0.1) is 0 Å². The Hall–Kier alpha value is -0.134. The van der Waals surface area contributed by atoms with Gasteiger partial charge in [0.2, 0.25) is 0 Å². The zero-order valence-corrected chi connectivity index (χ0v) is 13.7. The maximum absolute atomic E-state index is 10.1. The molecule has 0 aromatic carbocycles. The molecule has 0 aromatic heterocycles. The Bertz CT molecular complexity index is 310. The van der Waals surface area contributed by atoms with Crippen molar-refractivity contribution in [1.82, 2.24) is 0 Å². The Labute approximate surface area is 153 Å². The molecular weight excluding hydrogens is 304 g/mol. The number of hydrogen-bond acceptors (Lipinski definition) is 9. The molecule has 0 fully saturated rings. The number of carbonyl (C=O) groups is 4. The van der Waals surface area contributed by atoms with Gasteiger partial charge in [-0.05, 0) is 6.92 Å². The topological polar surface area (TPSA) is 181 Å². The van der Waals surface area contributed by atoms with E-state index >= 15 is 0 Å². The molecule has 0 aromatic rings. The number of aliphatic hydroxyl groups is 1. The molecule has 9 nitrogen and oxygen atoms in total. The molecular formula is C8H8CaMgO9. The average molecular weight is 313 g/mol. The quantitative estimate of drug-likeness (QED) is 0.482. The van der Waals surface area contributed by atoms with Crippen molar-refractivity contribution in [2.75, 3.05) is 0 Å². The summed E-state index contributed by atoms with van der Waals surface area (Å²) in [6.45, 7) is 0.972. The van der Waals surface area contributed by atoms with E-state index in [-0.39, 0.29) is 60.8 Å². The number of hydrogen-bond donors (Lipinski definition) is 1. The molecule has 0 saturated carbocycles. The van der Waals surface area contributed by atoms with Crippen molar-refractivity contribution in [2.45, 2.75) is 25.4 Å². The van der Waals surface area contributed by atoms with Gasteiger partial charge in [-0.1, -0.05) is 0 Å². The molecule has 0 radical (unpaired) electrons. The van der Waals surface area contributed by atoms with Crippen LogP contribution in [0.4, 0.5) is 0 Å². The summed E-state index contributed by atoms with van der Waals surface area (Å²) in [6.07, 6.45) is -2.72. The molecule has 0 atom stereocenters. The fourth-order valence-corrected chi connectivity index (χ4v) is 0.684. The zero-order chi connectivity index (χ0) is 14.2. The van der Waals surface area contributed by atoms with Crippen molar-refractivity contribution in [1.29, 1.82) is 0 Å². The van der Waals surface area contributed by atoms with Gasteiger partial charge in [0.05, 0.1) is 5.97 Å². The van der Waals surface area contributed by atoms with Crippen molar-refractivity contribution >= 4 is 84.7 Å². The molecule has 0 heterocycles. The van der Waals surface area contributed by atoms with Crippen LogP contribution >= 0.6 is 0 Å². The van der Waals surface area contributed by atoms with Gasteiger partial charge in [-0.25, -0.2) is 0 Å².